The molecule has 0 radical (unpaired) electrons. The number of ether oxygens (including phenoxy) is 1. The molecule has 2 amide bonds. The highest BCUT2D eigenvalue weighted by Gasteiger charge is 2.37. The van der Waals surface area contributed by atoms with Gasteiger partial charge in [0.15, 0.2) is 0 Å². The van der Waals surface area contributed by atoms with Crippen LogP contribution in [0.5, 0.6) is 0 Å². The Bertz CT molecular complexity index is 790. The average molecular weight is 368 g/mol. The Morgan fingerprint density at radius 3 is 2.33 bits per heavy atom. The summed E-state index contributed by atoms with van der Waals surface area (Å²) >= 11 is 0. The average Bonchev–Trinajstić information content (AvgIpc) is 2.70. The van der Waals surface area contributed by atoms with Crippen LogP contribution in [0.4, 0.5) is 14.9 Å². The molecule has 0 atom stereocenters. The third kappa shape index (κ3) is 4.14. The van der Waals surface area contributed by atoms with Crippen molar-refractivity contribution in [2.24, 2.45) is 5.41 Å². The Morgan fingerprint density at radius 2 is 1.67 bits per heavy atom. The maximum Gasteiger partial charge on any atom is 0.321 e. The summed E-state index contributed by atoms with van der Waals surface area (Å²) in [5, 5.41) is 2.98. The number of likely N-dealkylation sites (tertiary alicyclic amines) is 1. The number of halogens is 1. The number of urea groups is 1. The highest BCUT2D eigenvalue weighted by Crippen LogP contribution is 2.40. The largest absolute Gasteiger partial charge is 0.381 e. The highest BCUT2D eigenvalue weighted by atomic mass is 19.1. The molecule has 1 spiro atoms. The van der Waals surface area contributed by atoms with E-state index >= 15 is 0 Å². The molecule has 2 aromatic carbocycles. The molecule has 27 heavy (non-hydrogen) atoms. The van der Waals surface area contributed by atoms with Crippen LogP contribution in [0.15, 0.2) is 48.5 Å². The monoisotopic (exact) mass is 368 g/mol. The Balaban J connectivity index is 1.34. The number of hydrogen-bond acceptors (Lipinski definition) is 2. The van der Waals surface area contributed by atoms with Crippen LogP contribution in [-0.2, 0) is 4.74 Å². The number of amides is 2. The summed E-state index contributed by atoms with van der Waals surface area (Å²) in [4.78, 5) is 14.5. The van der Waals surface area contributed by atoms with Crippen LogP contribution in [0.1, 0.15) is 25.7 Å². The molecule has 2 fully saturated rings. The van der Waals surface area contributed by atoms with Crippen LogP contribution in [0, 0.1) is 11.2 Å². The summed E-state index contributed by atoms with van der Waals surface area (Å²) in [5.74, 6) is -0.253. The first-order valence-corrected chi connectivity index (χ1v) is 9.63. The summed E-state index contributed by atoms with van der Waals surface area (Å²) < 4.78 is 18.9. The van der Waals surface area contributed by atoms with Gasteiger partial charge in [0.25, 0.3) is 0 Å². The first kappa shape index (κ1) is 18.0. The lowest BCUT2D eigenvalue weighted by molar-refractivity contribution is -0.0138. The summed E-state index contributed by atoms with van der Waals surface area (Å²) in [6.45, 7) is 3.30. The molecule has 2 heterocycles. The normalized spacial score (nSPS) is 19.1. The predicted octanol–water partition coefficient (Wildman–Crippen LogP) is 4.92. The van der Waals surface area contributed by atoms with E-state index in [9.17, 15) is 9.18 Å². The molecule has 2 saturated heterocycles. The first-order valence-electron chi connectivity index (χ1n) is 9.63. The molecule has 5 heteroatoms. The second kappa shape index (κ2) is 7.69. The molecule has 2 aliphatic rings. The van der Waals surface area contributed by atoms with Gasteiger partial charge in [0.1, 0.15) is 5.82 Å². The molecule has 4 rings (SSSR count). The molecular formula is C22H25FN2O2. The van der Waals surface area contributed by atoms with Crippen LogP contribution in [0.2, 0.25) is 0 Å². The van der Waals surface area contributed by atoms with Crippen LogP contribution < -0.4 is 5.32 Å². The zero-order valence-electron chi connectivity index (χ0n) is 15.4. The van der Waals surface area contributed by atoms with Gasteiger partial charge < -0.3 is 15.0 Å². The second-order valence-electron chi connectivity index (χ2n) is 7.62. The second-order valence-corrected chi connectivity index (χ2v) is 7.62. The Labute approximate surface area is 159 Å². The van der Waals surface area contributed by atoms with Crippen LogP contribution in [-0.4, -0.2) is 37.2 Å². The van der Waals surface area contributed by atoms with Crippen molar-refractivity contribution < 1.29 is 13.9 Å². The molecule has 0 unspecified atom stereocenters. The number of anilines is 1. The van der Waals surface area contributed by atoms with Crippen LogP contribution >= 0.6 is 0 Å². The van der Waals surface area contributed by atoms with Crippen molar-refractivity contribution in [2.75, 3.05) is 31.6 Å². The smallest absolute Gasteiger partial charge is 0.321 e. The first-order chi connectivity index (χ1) is 13.1. The topological polar surface area (TPSA) is 41.6 Å². The minimum Gasteiger partial charge on any atom is -0.381 e. The number of piperidine rings is 1. The Kier molecular flexibility index (Phi) is 5.12. The quantitative estimate of drug-likeness (QED) is 0.818. The van der Waals surface area contributed by atoms with Crippen molar-refractivity contribution in [3.8, 4) is 11.1 Å². The fourth-order valence-electron chi connectivity index (χ4n) is 4.11. The predicted molar refractivity (Wildman–Crippen MR) is 104 cm³/mol. The number of carbonyl (C=O) groups is 1. The van der Waals surface area contributed by atoms with Crippen molar-refractivity contribution in [2.45, 2.75) is 25.7 Å². The molecule has 0 bridgehead atoms. The van der Waals surface area contributed by atoms with Gasteiger partial charge in [-0.05, 0) is 66.5 Å². The van der Waals surface area contributed by atoms with Crippen LogP contribution in [0.3, 0.4) is 0 Å². The summed E-state index contributed by atoms with van der Waals surface area (Å²) in [7, 11) is 0. The fourth-order valence-corrected chi connectivity index (χ4v) is 4.11. The van der Waals surface area contributed by atoms with E-state index in [0.717, 1.165) is 68.8 Å². The molecule has 1 N–H and O–H groups in total. The van der Waals surface area contributed by atoms with Gasteiger partial charge in [-0.15, -0.1) is 0 Å². The zero-order valence-corrected chi connectivity index (χ0v) is 15.4. The molecule has 142 valence electrons. The van der Waals surface area contributed by atoms with Crippen molar-refractivity contribution in [1.29, 1.82) is 0 Å². The number of rotatable bonds is 2. The SMILES string of the molecule is O=C(Nc1ccc(-c2cccc(F)c2)cc1)N1CCC2(CCOCC2)CC1. The number of nitrogens with zero attached hydrogens (tertiary/aromatic N) is 1. The minimum absolute atomic E-state index is 0.0459. The van der Waals surface area contributed by atoms with E-state index in [2.05, 4.69) is 5.32 Å². The Morgan fingerprint density at radius 1 is 0.963 bits per heavy atom. The van der Waals surface area contributed by atoms with Gasteiger partial charge in [0, 0.05) is 32.0 Å². The molecule has 0 aromatic heterocycles. The van der Waals surface area contributed by atoms with Gasteiger partial charge in [-0.2, -0.15) is 0 Å². The molecular weight excluding hydrogens is 343 g/mol. The van der Waals surface area contributed by atoms with Crippen molar-refractivity contribution >= 4 is 11.7 Å². The van der Waals surface area contributed by atoms with Gasteiger partial charge in [0.2, 0.25) is 0 Å². The van der Waals surface area contributed by atoms with E-state index in [1.54, 1.807) is 6.07 Å². The maximum absolute atomic E-state index is 13.4. The van der Waals surface area contributed by atoms with Crippen molar-refractivity contribution in [1.82, 2.24) is 4.90 Å². The lowest BCUT2D eigenvalue weighted by Gasteiger charge is -2.44. The number of benzene rings is 2. The van der Waals surface area contributed by atoms with Gasteiger partial charge in [-0.1, -0.05) is 24.3 Å². The molecule has 2 aliphatic heterocycles. The highest BCUT2D eigenvalue weighted by molar-refractivity contribution is 5.89. The fraction of sp³-hybridized carbons (Fsp3) is 0.409. The minimum atomic E-state index is -0.253. The standard InChI is InChI=1S/C22H25FN2O2/c23-19-3-1-2-18(16-19)17-4-6-20(7-5-17)24-21(26)25-12-8-22(9-13-25)10-14-27-15-11-22/h1-7,16H,8-15H2,(H,24,26). The number of hydrogen-bond donors (Lipinski definition) is 1. The number of carbonyl (C=O) groups excluding carboxylic acids is 1. The molecule has 0 saturated carbocycles. The molecule has 4 nitrogen and oxygen atoms in total. The third-order valence-electron chi connectivity index (χ3n) is 5.96. The van der Waals surface area contributed by atoms with Gasteiger partial charge in [-0.25, -0.2) is 9.18 Å². The Hall–Kier alpha value is -2.40. The number of nitrogens with one attached hydrogen (secondary N) is 1. The summed E-state index contributed by atoms with van der Waals surface area (Å²) in [6, 6.07) is 14.0. The van der Waals surface area contributed by atoms with E-state index in [1.807, 2.05) is 35.2 Å². The molecule has 0 aliphatic carbocycles. The van der Waals surface area contributed by atoms with E-state index in [4.69, 9.17) is 4.74 Å². The van der Waals surface area contributed by atoms with E-state index < -0.39 is 0 Å². The van der Waals surface area contributed by atoms with E-state index in [1.165, 1.54) is 12.1 Å². The molecule has 2 aromatic rings. The van der Waals surface area contributed by atoms with Crippen LogP contribution in [0.25, 0.3) is 11.1 Å². The lowest BCUT2D eigenvalue weighted by Crippen LogP contribution is -2.46. The van der Waals surface area contributed by atoms with Gasteiger partial charge in [-0.3, -0.25) is 0 Å². The lowest BCUT2D eigenvalue weighted by atomic mass is 9.72. The third-order valence-corrected chi connectivity index (χ3v) is 5.96. The summed E-state index contributed by atoms with van der Waals surface area (Å²) in [5.41, 5.74) is 2.88. The van der Waals surface area contributed by atoms with Crippen molar-refractivity contribution in [3.63, 3.8) is 0 Å². The zero-order chi connectivity index (χ0) is 18.7. The summed E-state index contributed by atoms with van der Waals surface area (Å²) in [6.07, 6.45) is 4.35. The van der Waals surface area contributed by atoms with E-state index in [-0.39, 0.29) is 11.8 Å². The van der Waals surface area contributed by atoms with Crippen molar-refractivity contribution in [3.05, 3.63) is 54.3 Å². The maximum atomic E-state index is 13.4. The van der Waals surface area contributed by atoms with Gasteiger partial charge >= 0.3 is 6.03 Å². The van der Waals surface area contributed by atoms with E-state index in [0.29, 0.717) is 5.41 Å². The van der Waals surface area contributed by atoms with Gasteiger partial charge in [0.05, 0.1) is 0 Å².